The summed E-state index contributed by atoms with van der Waals surface area (Å²) in [4.78, 5) is 13.8. The second-order valence-electron chi connectivity index (χ2n) is 10.7. The molecule has 0 aliphatic carbocycles. The number of aliphatic imine (C=N–C) groups is 2. The van der Waals surface area contributed by atoms with Gasteiger partial charge in [0.05, 0.1) is 25.6 Å². The largest absolute Gasteiger partial charge is 0.495 e. The van der Waals surface area contributed by atoms with Crippen LogP contribution in [0.4, 0.5) is 11.4 Å². The first-order valence-corrected chi connectivity index (χ1v) is 13.9. The highest BCUT2D eigenvalue weighted by Gasteiger charge is 2.17. The highest BCUT2D eigenvalue weighted by atomic mass is 16.5. The van der Waals surface area contributed by atoms with Crippen molar-refractivity contribution in [1.82, 2.24) is 0 Å². The molecule has 3 aromatic carbocycles. The van der Waals surface area contributed by atoms with Gasteiger partial charge < -0.3 is 19.3 Å². The van der Waals surface area contributed by atoms with Gasteiger partial charge in [0.25, 0.3) is 0 Å². The molecule has 0 radical (unpaired) electrons. The molecule has 0 saturated heterocycles. The summed E-state index contributed by atoms with van der Waals surface area (Å²) in [6, 6.07) is 19.8. The van der Waals surface area contributed by atoms with E-state index in [-0.39, 0.29) is 0 Å². The maximum atomic E-state index is 5.79. The minimum Gasteiger partial charge on any atom is -0.495 e. The van der Waals surface area contributed by atoms with E-state index in [0.717, 1.165) is 74.7 Å². The zero-order chi connectivity index (χ0) is 27.4. The third-order valence-electron chi connectivity index (χ3n) is 7.63. The Balaban J connectivity index is 1.32. The van der Waals surface area contributed by atoms with Gasteiger partial charge in [0.15, 0.2) is 0 Å². The smallest absolute Gasteiger partial charge is 0.142 e. The summed E-state index contributed by atoms with van der Waals surface area (Å²) in [5.74, 6) is 1.77. The fourth-order valence-electron chi connectivity index (χ4n) is 5.74. The van der Waals surface area contributed by atoms with Crippen molar-refractivity contribution in [2.45, 2.75) is 45.7 Å². The first-order valence-electron chi connectivity index (χ1n) is 13.9. The molecule has 2 heterocycles. The first-order chi connectivity index (χ1) is 18.9. The normalized spacial score (nSPS) is 14.7. The average Bonchev–Trinajstić information content (AvgIpc) is 3.67. The van der Waals surface area contributed by atoms with Crippen LogP contribution in [-0.2, 0) is 13.1 Å². The van der Waals surface area contributed by atoms with Gasteiger partial charge in [0.2, 0.25) is 0 Å². The van der Waals surface area contributed by atoms with Crippen LogP contribution in [0.3, 0.4) is 0 Å². The lowest BCUT2D eigenvalue weighted by atomic mass is 10.0. The van der Waals surface area contributed by atoms with Crippen molar-refractivity contribution >= 4 is 22.8 Å². The molecule has 0 bridgehead atoms. The first kappa shape index (κ1) is 26.8. The molecule has 0 saturated carbocycles. The molecule has 3 aromatic rings. The molecule has 2 aliphatic heterocycles. The molecule has 0 spiro atoms. The molecule has 0 amide bonds. The van der Waals surface area contributed by atoms with Gasteiger partial charge in [-0.05, 0) is 79.1 Å². The monoisotopic (exact) mass is 524 g/mol. The zero-order valence-corrected chi connectivity index (χ0v) is 24.0. The molecule has 204 valence electrons. The van der Waals surface area contributed by atoms with E-state index in [2.05, 4.69) is 95.4 Å². The fraction of sp³-hybridized carbons (Fsp3) is 0.394. The molecule has 0 aromatic heterocycles. The van der Waals surface area contributed by atoms with Crippen LogP contribution in [0.15, 0.2) is 64.6 Å². The zero-order valence-electron chi connectivity index (χ0n) is 24.0. The van der Waals surface area contributed by atoms with Gasteiger partial charge >= 0.3 is 0 Å². The Bertz CT molecular complexity index is 1290. The van der Waals surface area contributed by atoms with Gasteiger partial charge in [-0.1, -0.05) is 35.9 Å². The third kappa shape index (κ3) is 6.11. The van der Waals surface area contributed by atoms with E-state index < -0.39 is 0 Å². The second-order valence-corrected chi connectivity index (χ2v) is 10.7. The molecule has 0 atom stereocenters. The highest BCUT2D eigenvalue weighted by molar-refractivity contribution is 6.03. The predicted molar refractivity (Wildman–Crippen MR) is 163 cm³/mol. The van der Waals surface area contributed by atoms with Crippen molar-refractivity contribution in [3.8, 4) is 11.5 Å². The standard InChI is InChI=1S/C33H40N4O2/c1-23-16-24(21-36(2)30-12-10-26(19-32(30)38-4)28-8-6-14-34-28)18-25(17-23)22-37(3)31-13-11-27(20-33(31)39-5)29-9-7-15-35-29/h10-13,16-20H,6-9,14-15,21-22H2,1-5H3. The number of rotatable bonds is 10. The summed E-state index contributed by atoms with van der Waals surface area (Å²) in [5, 5.41) is 0. The van der Waals surface area contributed by atoms with Crippen LogP contribution in [-0.4, -0.2) is 52.8 Å². The SMILES string of the molecule is COc1cc(C2=NCCC2)ccc1N(C)Cc1cc(C)cc(CN(C)c2ccc(C3=NCCC3)cc2OC)c1. The van der Waals surface area contributed by atoms with E-state index in [9.17, 15) is 0 Å². The van der Waals surface area contributed by atoms with Crippen LogP contribution < -0.4 is 19.3 Å². The Morgan fingerprint density at radius 2 is 1.13 bits per heavy atom. The molecule has 0 fully saturated rings. The van der Waals surface area contributed by atoms with E-state index in [0.29, 0.717) is 0 Å². The predicted octanol–water partition coefficient (Wildman–Crippen LogP) is 6.45. The lowest BCUT2D eigenvalue weighted by Gasteiger charge is -2.25. The van der Waals surface area contributed by atoms with Crippen LogP contribution in [0.2, 0.25) is 0 Å². The maximum absolute atomic E-state index is 5.79. The van der Waals surface area contributed by atoms with Crippen molar-refractivity contribution in [1.29, 1.82) is 0 Å². The quantitative estimate of drug-likeness (QED) is 0.306. The lowest BCUT2D eigenvalue weighted by Crippen LogP contribution is -2.19. The van der Waals surface area contributed by atoms with Gasteiger partial charge in [-0.2, -0.15) is 0 Å². The summed E-state index contributed by atoms with van der Waals surface area (Å²) >= 11 is 0. The number of hydrogen-bond donors (Lipinski definition) is 0. The summed E-state index contributed by atoms with van der Waals surface area (Å²) in [6.45, 7) is 5.60. The number of nitrogens with zero attached hydrogens (tertiary/aromatic N) is 4. The van der Waals surface area contributed by atoms with Crippen LogP contribution in [0.1, 0.15) is 53.5 Å². The van der Waals surface area contributed by atoms with Crippen LogP contribution >= 0.6 is 0 Å². The van der Waals surface area contributed by atoms with E-state index in [1.807, 2.05) is 0 Å². The summed E-state index contributed by atoms with van der Waals surface area (Å²) in [5.41, 5.74) is 10.7. The topological polar surface area (TPSA) is 49.7 Å². The van der Waals surface area contributed by atoms with Gasteiger partial charge in [0, 0.05) is 51.7 Å². The van der Waals surface area contributed by atoms with Gasteiger partial charge in [-0.25, -0.2) is 0 Å². The van der Waals surface area contributed by atoms with Crippen molar-refractivity contribution in [2.75, 3.05) is 51.2 Å². The van der Waals surface area contributed by atoms with E-state index in [4.69, 9.17) is 9.47 Å². The van der Waals surface area contributed by atoms with Crippen LogP contribution in [0.5, 0.6) is 11.5 Å². The Morgan fingerprint density at radius 3 is 1.51 bits per heavy atom. The number of hydrogen-bond acceptors (Lipinski definition) is 6. The van der Waals surface area contributed by atoms with Gasteiger partial charge in [0.1, 0.15) is 11.5 Å². The highest BCUT2D eigenvalue weighted by Crippen LogP contribution is 2.33. The van der Waals surface area contributed by atoms with Crippen molar-refractivity contribution in [2.24, 2.45) is 9.98 Å². The second kappa shape index (κ2) is 11.9. The van der Waals surface area contributed by atoms with E-state index in [1.165, 1.54) is 39.2 Å². The lowest BCUT2D eigenvalue weighted by molar-refractivity contribution is 0.414. The molecule has 2 aliphatic rings. The van der Waals surface area contributed by atoms with Gasteiger partial charge in [-0.15, -0.1) is 0 Å². The molecule has 6 heteroatoms. The number of benzene rings is 3. The van der Waals surface area contributed by atoms with Crippen molar-refractivity contribution in [3.05, 3.63) is 82.4 Å². The Labute approximate surface area is 233 Å². The molecular weight excluding hydrogens is 484 g/mol. The minimum atomic E-state index is 0.787. The van der Waals surface area contributed by atoms with Gasteiger partial charge in [-0.3, -0.25) is 9.98 Å². The number of aryl methyl sites for hydroxylation is 1. The minimum absolute atomic E-state index is 0.787. The molecule has 0 N–H and O–H groups in total. The van der Waals surface area contributed by atoms with Crippen molar-refractivity contribution in [3.63, 3.8) is 0 Å². The average molecular weight is 525 g/mol. The number of anilines is 2. The number of methoxy groups -OCH3 is 2. The number of ether oxygens (including phenoxy) is 2. The molecule has 0 unspecified atom stereocenters. The summed E-state index contributed by atoms with van der Waals surface area (Å²) < 4.78 is 11.6. The maximum Gasteiger partial charge on any atom is 0.142 e. The van der Waals surface area contributed by atoms with Crippen molar-refractivity contribution < 1.29 is 9.47 Å². The Hall–Kier alpha value is -3.80. The Kier molecular flexibility index (Phi) is 8.20. The van der Waals surface area contributed by atoms with Crippen LogP contribution in [0.25, 0.3) is 0 Å². The third-order valence-corrected chi connectivity index (χ3v) is 7.63. The summed E-state index contributed by atoms with van der Waals surface area (Å²) in [6.07, 6.45) is 4.37. The molecule has 5 rings (SSSR count). The molecular formula is C33H40N4O2. The molecule has 39 heavy (non-hydrogen) atoms. The Morgan fingerprint density at radius 1 is 0.667 bits per heavy atom. The van der Waals surface area contributed by atoms with E-state index >= 15 is 0 Å². The summed E-state index contributed by atoms with van der Waals surface area (Å²) in [7, 11) is 7.74. The fourth-order valence-corrected chi connectivity index (χ4v) is 5.74. The van der Waals surface area contributed by atoms with E-state index in [1.54, 1.807) is 14.2 Å². The molecule has 6 nitrogen and oxygen atoms in total. The van der Waals surface area contributed by atoms with Crippen LogP contribution in [0, 0.1) is 6.92 Å².